The number of carbonyl (C=O) groups is 1. The molecule has 16 heavy (non-hydrogen) atoms. The van der Waals surface area contributed by atoms with Crippen molar-refractivity contribution in [1.29, 1.82) is 0 Å². The highest BCUT2D eigenvalue weighted by Gasteiger charge is 2.30. The first-order chi connectivity index (χ1) is 7.63. The minimum atomic E-state index is -0.920. The normalized spacial score (nSPS) is 14.9. The predicted molar refractivity (Wildman–Crippen MR) is 64.5 cm³/mol. The summed E-state index contributed by atoms with van der Waals surface area (Å²) in [6.45, 7) is 2.87. The fraction of sp³-hybridized carbons (Fsp3) is 0.417. The van der Waals surface area contributed by atoms with Gasteiger partial charge in [0.05, 0.1) is 11.3 Å². The van der Waals surface area contributed by atoms with Crippen molar-refractivity contribution in [2.45, 2.75) is 25.8 Å². The standard InChI is InChI=1S/C12H14ClNO2/c1-2-14(9-4-5-9)11-6-3-8(13)7-10(11)12(15)16/h3,6-7,9H,2,4-5H2,1H3,(H,15,16). The number of benzene rings is 1. The van der Waals surface area contributed by atoms with Gasteiger partial charge in [-0.2, -0.15) is 0 Å². The lowest BCUT2D eigenvalue weighted by atomic mass is 10.1. The maximum absolute atomic E-state index is 11.2. The molecule has 0 heterocycles. The first-order valence-corrected chi connectivity index (χ1v) is 5.80. The SMILES string of the molecule is CCN(c1ccc(Cl)cc1C(=O)O)C1CC1. The molecular formula is C12H14ClNO2. The van der Waals surface area contributed by atoms with E-state index >= 15 is 0 Å². The Labute approximate surface area is 99.6 Å². The highest BCUT2D eigenvalue weighted by atomic mass is 35.5. The summed E-state index contributed by atoms with van der Waals surface area (Å²) < 4.78 is 0. The predicted octanol–water partition coefficient (Wildman–Crippen LogP) is 3.03. The van der Waals surface area contributed by atoms with E-state index in [0.29, 0.717) is 16.6 Å². The van der Waals surface area contributed by atoms with Crippen LogP contribution in [-0.2, 0) is 0 Å². The molecule has 0 spiro atoms. The first kappa shape index (κ1) is 11.3. The smallest absolute Gasteiger partial charge is 0.337 e. The third-order valence-electron chi connectivity index (χ3n) is 2.83. The minimum absolute atomic E-state index is 0.293. The lowest BCUT2D eigenvalue weighted by Gasteiger charge is -2.24. The lowest BCUT2D eigenvalue weighted by molar-refractivity contribution is 0.0697. The van der Waals surface area contributed by atoms with Crippen molar-refractivity contribution in [3.05, 3.63) is 28.8 Å². The molecule has 0 saturated heterocycles. The zero-order valence-electron chi connectivity index (χ0n) is 9.11. The van der Waals surface area contributed by atoms with Crippen molar-refractivity contribution in [3.63, 3.8) is 0 Å². The van der Waals surface area contributed by atoms with Crippen molar-refractivity contribution >= 4 is 23.3 Å². The van der Waals surface area contributed by atoms with Crippen molar-refractivity contribution in [1.82, 2.24) is 0 Å². The fourth-order valence-corrected chi connectivity index (χ4v) is 2.11. The fourth-order valence-electron chi connectivity index (χ4n) is 1.94. The quantitative estimate of drug-likeness (QED) is 0.878. The lowest BCUT2D eigenvalue weighted by Crippen LogP contribution is -2.26. The maximum Gasteiger partial charge on any atom is 0.337 e. The summed E-state index contributed by atoms with van der Waals surface area (Å²) >= 11 is 5.82. The van der Waals surface area contributed by atoms with E-state index in [9.17, 15) is 4.79 Å². The molecule has 4 heteroatoms. The Morgan fingerprint density at radius 2 is 2.25 bits per heavy atom. The summed E-state index contributed by atoms with van der Waals surface area (Å²) in [6.07, 6.45) is 2.30. The third-order valence-corrected chi connectivity index (χ3v) is 3.06. The van der Waals surface area contributed by atoms with Crippen LogP contribution in [0.2, 0.25) is 5.02 Å². The van der Waals surface area contributed by atoms with Crippen molar-refractivity contribution in [3.8, 4) is 0 Å². The molecule has 0 aromatic heterocycles. The Morgan fingerprint density at radius 3 is 2.75 bits per heavy atom. The second-order valence-corrected chi connectivity index (χ2v) is 4.42. The highest BCUT2D eigenvalue weighted by Crippen LogP contribution is 2.34. The molecular weight excluding hydrogens is 226 g/mol. The Balaban J connectivity index is 2.41. The number of carboxylic acids is 1. The molecule has 1 aromatic carbocycles. The average molecular weight is 240 g/mol. The van der Waals surface area contributed by atoms with Gasteiger partial charge in [-0.25, -0.2) is 4.79 Å². The Morgan fingerprint density at radius 1 is 1.56 bits per heavy atom. The van der Waals surface area contributed by atoms with Gasteiger partial charge >= 0.3 is 5.97 Å². The number of halogens is 1. The van der Waals surface area contributed by atoms with Crippen LogP contribution in [0.15, 0.2) is 18.2 Å². The van der Waals surface area contributed by atoms with Crippen LogP contribution in [0, 0.1) is 0 Å². The van der Waals surface area contributed by atoms with Crippen LogP contribution >= 0.6 is 11.6 Å². The van der Waals surface area contributed by atoms with E-state index in [0.717, 1.165) is 25.1 Å². The highest BCUT2D eigenvalue weighted by molar-refractivity contribution is 6.31. The van der Waals surface area contributed by atoms with Gasteiger partial charge in [0.25, 0.3) is 0 Å². The molecule has 86 valence electrons. The number of aromatic carboxylic acids is 1. The molecule has 1 fully saturated rings. The summed E-state index contributed by atoms with van der Waals surface area (Å²) in [4.78, 5) is 13.3. The van der Waals surface area contributed by atoms with Crippen LogP contribution in [0.4, 0.5) is 5.69 Å². The molecule has 0 unspecified atom stereocenters. The summed E-state index contributed by atoms with van der Waals surface area (Å²) in [5.41, 5.74) is 1.07. The zero-order valence-corrected chi connectivity index (χ0v) is 9.87. The van der Waals surface area contributed by atoms with Crippen LogP contribution in [-0.4, -0.2) is 23.7 Å². The topological polar surface area (TPSA) is 40.5 Å². The van der Waals surface area contributed by atoms with E-state index in [2.05, 4.69) is 4.90 Å². The molecule has 3 nitrogen and oxygen atoms in total. The van der Waals surface area contributed by atoms with E-state index < -0.39 is 5.97 Å². The van der Waals surface area contributed by atoms with E-state index in [1.165, 1.54) is 6.07 Å². The van der Waals surface area contributed by atoms with Crippen molar-refractivity contribution < 1.29 is 9.90 Å². The number of anilines is 1. The van der Waals surface area contributed by atoms with Gasteiger partial charge < -0.3 is 10.0 Å². The van der Waals surface area contributed by atoms with Crippen LogP contribution in [0.1, 0.15) is 30.1 Å². The minimum Gasteiger partial charge on any atom is -0.478 e. The van der Waals surface area contributed by atoms with Gasteiger partial charge in [-0.1, -0.05) is 11.6 Å². The Hall–Kier alpha value is -1.22. The molecule has 0 atom stereocenters. The number of rotatable bonds is 4. The van der Waals surface area contributed by atoms with Gasteiger partial charge in [0.2, 0.25) is 0 Å². The summed E-state index contributed by atoms with van der Waals surface area (Å²) in [6, 6.07) is 5.57. The Kier molecular flexibility index (Phi) is 3.06. The van der Waals surface area contributed by atoms with Gasteiger partial charge in [0.1, 0.15) is 0 Å². The maximum atomic E-state index is 11.2. The number of nitrogens with zero attached hydrogens (tertiary/aromatic N) is 1. The zero-order chi connectivity index (χ0) is 11.7. The van der Waals surface area contributed by atoms with Crippen molar-refractivity contribution in [2.24, 2.45) is 0 Å². The van der Waals surface area contributed by atoms with E-state index in [4.69, 9.17) is 16.7 Å². The van der Waals surface area contributed by atoms with E-state index in [-0.39, 0.29) is 0 Å². The van der Waals surface area contributed by atoms with Gasteiger partial charge in [-0.15, -0.1) is 0 Å². The molecule has 1 N–H and O–H groups in total. The van der Waals surface area contributed by atoms with Crippen LogP contribution < -0.4 is 4.90 Å². The van der Waals surface area contributed by atoms with Gasteiger partial charge in [-0.05, 0) is 38.0 Å². The van der Waals surface area contributed by atoms with E-state index in [1.807, 2.05) is 6.92 Å². The number of hydrogen-bond acceptors (Lipinski definition) is 2. The third kappa shape index (κ3) is 2.14. The summed E-state index contributed by atoms with van der Waals surface area (Å²) in [5, 5.41) is 9.62. The molecule has 0 radical (unpaired) electrons. The summed E-state index contributed by atoms with van der Waals surface area (Å²) in [5.74, 6) is -0.920. The van der Waals surface area contributed by atoms with Crippen molar-refractivity contribution in [2.75, 3.05) is 11.4 Å². The molecule has 1 aliphatic rings. The molecule has 1 aliphatic carbocycles. The van der Waals surface area contributed by atoms with E-state index in [1.54, 1.807) is 12.1 Å². The number of carboxylic acid groups (broad SMARTS) is 1. The molecule has 0 amide bonds. The molecule has 0 aliphatic heterocycles. The Bertz CT molecular complexity index is 415. The largest absolute Gasteiger partial charge is 0.478 e. The second kappa shape index (κ2) is 4.34. The van der Waals surface area contributed by atoms with Gasteiger partial charge in [-0.3, -0.25) is 0 Å². The second-order valence-electron chi connectivity index (χ2n) is 3.98. The van der Waals surface area contributed by atoms with Gasteiger partial charge in [0.15, 0.2) is 0 Å². The molecule has 2 rings (SSSR count). The van der Waals surface area contributed by atoms with Gasteiger partial charge in [0, 0.05) is 17.6 Å². The number of hydrogen-bond donors (Lipinski definition) is 1. The van der Waals surface area contributed by atoms with Crippen LogP contribution in [0.5, 0.6) is 0 Å². The monoisotopic (exact) mass is 239 g/mol. The molecule has 1 aromatic rings. The molecule has 1 saturated carbocycles. The van der Waals surface area contributed by atoms with Crippen LogP contribution in [0.25, 0.3) is 0 Å². The average Bonchev–Trinajstić information content (AvgIpc) is 3.05. The molecule has 0 bridgehead atoms. The van der Waals surface area contributed by atoms with Crippen LogP contribution in [0.3, 0.4) is 0 Å². The first-order valence-electron chi connectivity index (χ1n) is 5.43. The summed E-state index contributed by atoms with van der Waals surface area (Å²) in [7, 11) is 0.